The minimum absolute atomic E-state index is 0.0294. The Labute approximate surface area is 155 Å². The van der Waals surface area contributed by atoms with Gasteiger partial charge in [-0.1, -0.05) is 32.1 Å². The molecule has 5 heteroatoms. The van der Waals surface area contributed by atoms with Gasteiger partial charge in [-0.25, -0.2) is 4.79 Å². The number of esters is 1. The molecule has 0 amide bonds. The molecule has 5 nitrogen and oxygen atoms in total. The number of cyclic esters (lactones) is 1. The van der Waals surface area contributed by atoms with Crippen molar-refractivity contribution in [2.24, 2.45) is 22.7 Å². The monoisotopic (exact) mass is 364 g/mol. The van der Waals surface area contributed by atoms with Crippen molar-refractivity contribution >= 4 is 5.97 Å². The molecule has 3 N–H and O–H groups in total. The number of aliphatic hydroxyl groups excluding tert-OH is 2. The van der Waals surface area contributed by atoms with Crippen LogP contribution in [-0.4, -0.2) is 46.2 Å². The van der Waals surface area contributed by atoms with Gasteiger partial charge in [0.15, 0.2) is 0 Å². The first-order chi connectivity index (χ1) is 12.1. The summed E-state index contributed by atoms with van der Waals surface area (Å²) in [6.07, 6.45) is 4.82. The lowest BCUT2D eigenvalue weighted by atomic mass is 9.43. The van der Waals surface area contributed by atoms with Gasteiger partial charge in [-0.2, -0.15) is 0 Å². The lowest BCUT2D eigenvalue weighted by Gasteiger charge is -2.63. The molecule has 3 aliphatic rings. The molecule has 3 fully saturated rings. The molecule has 0 unspecified atom stereocenters. The molecule has 0 spiro atoms. The number of hydrogen-bond acceptors (Lipinski definition) is 5. The lowest BCUT2D eigenvalue weighted by molar-refractivity contribution is -0.201. The van der Waals surface area contributed by atoms with E-state index in [1.54, 1.807) is 0 Å². The van der Waals surface area contributed by atoms with Crippen LogP contribution in [-0.2, 0) is 9.53 Å². The molecule has 1 heterocycles. The van der Waals surface area contributed by atoms with Crippen LogP contribution in [0.25, 0.3) is 0 Å². The minimum atomic E-state index is -0.904. The molecule has 1 aliphatic heterocycles. The number of carbonyl (C=O) groups excluding carboxylic acids is 1. The summed E-state index contributed by atoms with van der Waals surface area (Å²) in [4.78, 5) is 11.8. The zero-order chi connectivity index (χ0) is 19.3. The second-order valence-corrected chi connectivity index (χ2v) is 9.17. The number of rotatable bonds is 3. The van der Waals surface area contributed by atoms with E-state index in [9.17, 15) is 20.1 Å². The van der Waals surface area contributed by atoms with Crippen molar-refractivity contribution in [3.05, 3.63) is 23.8 Å². The summed E-state index contributed by atoms with van der Waals surface area (Å²) in [7, 11) is 0. The number of allylic oxidation sites excluding steroid dienone is 2. The largest absolute Gasteiger partial charge is 0.459 e. The van der Waals surface area contributed by atoms with Crippen LogP contribution < -0.4 is 0 Å². The highest BCUT2D eigenvalue weighted by atomic mass is 16.6. The topological polar surface area (TPSA) is 87.0 Å². The van der Waals surface area contributed by atoms with Gasteiger partial charge >= 0.3 is 5.97 Å². The number of ether oxygens (including phenoxy) is 1. The molecule has 0 aromatic rings. The average Bonchev–Trinajstić information content (AvgIpc) is 2.90. The van der Waals surface area contributed by atoms with Crippen molar-refractivity contribution < 1.29 is 24.9 Å². The van der Waals surface area contributed by atoms with Crippen molar-refractivity contribution in [2.45, 2.75) is 64.6 Å². The maximum Gasteiger partial charge on any atom is 0.336 e. The maximum atomic E-state index is 11.8. The predicted molar refractivity (Wildman–Crippen MR) is 98.2 cm³/mol. The van der Waals surface area contributed by atoms with E-state index in [4.69, 9.17) is 4.74 Å². The molecule has 2 saturated carbocycles. The smallest absolute Gasteiger partial charge is 0.336 e. The average molecular weight is 364 g/mol. The molecule has 26 heavy (non-hydrogen) atoms. The Morgan fingerprint density at radius 2 is 2.00 bits per heavy atom. The van der Waals surface area contributed by atoms with Crippen molar-refractivity contribution in [2.75, 3.05) is 13.2 Å². The van der Waals surface area contributed by atoms with Crippen molar-refractivity contribution in [1.82, 2.24) is 0 Å². The molecule has 0 aromatic heterocycles. The lowest BCUT2D eigenvalue weighted by Crippen LogP contribution is -2.62. The van der Waals surface area contributed by atoms with E-state index in [0.29, 0.717) is 18.4 Å². The van der Waals surface area contributed by atoms with Gasteiger partial charge < -0.3 is 20.1 Å². The molecule has 0 bridgehead atoms. The summed E-state index contributed by atoms with van der Waals surface area (Å²) in [6.45, 7) is 10.3. The van der Waals surface area contributed by atoms with Gasteiger partial charge in [0, 0.05) is 5.41 Å². The predicted octanol–water partition coefficient (Wildman–Crippen LogP) is 2.35. The first-order valence-electron chi connectivity index (χ1n) is 9.63. The van der Waals surface area contributed by atoms with Crippen LogP contribution >= 0.6 is 0 Å². The van der Waals surface area contributed by atoms with Gasteiger partial charge in [0.25, 0.3) is 0 Å². The summed E-state index contributed by atoms with van der Waals surface area (Å²) < 4.78 is 4.91. The fraction of sp³-hybridized carbons (Fsp3) is 0.762. The van der Waals surface area contributed by atoms with Gasteiger partial charge in [-0.05, 0) is 56.3 Å². The Bertz CT molecular complexity index is 636. The molecule has 146 valence electrons. The summed E-state index contributed by atoms with van der Waals surface area (Å²) >= 11 is 0. The SMILES string of the molecule is C=C1CC[C@H]2[C@@](C)(CC[C@@](C)(O)[C@@]2(C)CO)[C@@H]1C/C=C1/C(=O)OC[C@H]1O. The molecular weight excluding hydrogens is 332 g/mol. The highest BCUT2D eigenvalue weighted by molar-refractivity contribution is 5.91. The summed E-state index contributed by atoms with van der Waals surface area (Å²) in [5, 5.41) is 31.1. The van der Waals surface area contributed by atoms with Crippen LogP contribution in [0.1, 0.15) is 52.9 Å². The third kappa shape index (κ3) is 2.76. The van der Waals surface area contributed by atoms with E-state index in [1.165, 1.54) is 0 Å². The van der Waals surface area contributed by atoms with Crippen LogP contribution in [0.2, 0.25) is 0 Å². The molecule has 1 saturated heterocycles. The molecule has 0 aromatic carbocycles. The first-order valence-corrected chi connectivity index (χ1v) is 9.63. The maximum absolute atomic E-state index is 11.8. The van der Waals surface area contributed by atoms with Crippen LogP contribution in [0.5, 0.6) is 0 Å². The summed E-state index contributed by atoms with van der Waals surface area (Å²) in [5.74, 6) is -0.123. The van der Waals surface area contributed by atoms with Crippen LogP contribution in [0.3, 0.4) is 0 Å². The third-order valence-electron chi connectivity index (χ3n) is 7.86. The quantitative estimate of drug-likeness (QED) is 0.406. The van der Waals surface area contributed by atoms with Crippen LogP contribution in [0, 0.1) is 22.7 Å². The number of carbonyl (C=O) groups is 1. The van der Waals surface area contributed by atoms with Gasteiger partial charge in [-0.15, -0.1) is 0 Å². The Kier molecular flexibility index (Phi) is 4.87. The van der Waals surface area contributed by atoms with Crippen molar-refractivity contribution in [3.63, 3.8) is 0 Å². The van der Waals surface area contributed by atoms with Crippen LogP contribution in [0.4, 0.5) is 0 Å². The van der Waals surface area contributed by atoms with Gasteiger partial charge in [0.1, 0.15) is 12.7 Å². The Morgan fingerprint density at radius 3 is 2.58 bits per heavy atom. The zero-order valence-electron chi connectivity index (χ0n) is 16.1. The number of aliphatic hydroxyl groups is 3. The number of fused-ring (bicyclic) bond motifs is 1. The van der Waals surface area contributed by atoms with E-state index in [-0.39, 0.29) is 30.5 Å². The Morgan fingerprint density at radius 1 is 1.31 bits per heavy atom. The van der Waals surface area contributed by atoms with Gasteiger partial charge in [0.2, 0.25) is 0 Å². The molecule has 0 radical (unpaired) electrons. The first kappa shape index (κ1) is 19.6. The second kappa shape index (κ2) is 6.47. The Hall–Kier alpha value is -1.17. The minimum Gasteiger partial charge on any atom is -0.459 e. The third-order valence-corrected chi connectivity index (χ3v) is 7.86. The van der Waals surface area contributed by atoms with E-state index >= 15 is 0 Å². The van der Waals surface area contributed by atoms with E-state index in [1.807, 2.05) is 19.9 Å². The molecule has 6 atom stereocenters. The molecule has 2 aliphatic carbocycles. The summed E-state index contributed by atoms with van der Waals surface area (Å²) in [5.41, 5.74) is -0.0872. The summed E-state index contributed by atoms with van der Waals surface area (Å²) in [6, 6.07) is 0. The highest BCUT2D eigenvalue weighted by Gasteiger charge is 2.61. The van der Waals surface area contributed by atoms with Gasteiger partial charge in [0.05, 0.1) is 17.8 Å². The fourth-order valence-corrected chi connectivity index (χ4v) is 5.76. The van der Waals surface area contributed by atoms with E-state index in [2.05, 4.69) is 13.5 Å². The van der Waals surface area contributed by atoms with Gasteiger partial charge in [-0.3, -0.25) is 0 Å². The zero-order valence-corrected chi connectivity index (χ0v) is 16.1. The van der Waals surface area contributed by atoms with Crippen molar-refractivity contribution in [1.29, 1.82) is 0 Å². The standard InChI is InChI=1S/C21H32O5/c1-13-5-8-17-19(2,9-10-21(4,25)20(17,3)12-22)15(13)7-6-14-16(23)11-26-18(14)24/h6,15-17,22-23,25H,1,5,7-12H2,2-4H3/b14-6+/t15-,16-,17+,19+,20+,21-/m1/s1. The van der Waals surface area contributed by atoms with E-state index < -0.39 is 23.1 Å². The number of hydrogen-bond donors (Lipinski definition) is 3. The molecule has 3 rings (SSSR count). The highest BCUT2D eigenvalue weighted by Crippen LogP contribution is 2.64. The van der Waals surface area contributed by atoms with Crippen molar-refractivity contribution in [3.8, 4) is 0 Å². The molecular formula is C21H32O5. The second-order valence-electron chi connectivity index (χ2n) is 9.17. The van der Waals surface area contributed by atoms with E-state index in [0.717, 1.165) is 24.8 Å². The van der Waals surface area contributed by atoms with Crippen LogP contribution in [0.15, 0.2) is 23.8 Å². The fourth-order valence-electron chi connectivity index (χ4n) is 5.76. The normalized spacial score (nSPS) is 47.8. The Balaban J connectivity index is 1.92.